The van der Waals surface area contributed by atoms with Crippen molar-refractivity contribution in [3.63, 3.8) is 0 Å². The minimum atomic E-state index is -3.54. The van der Waals surface area contributed by atoms with Crippen molar-refractivity contribution in [1.29, 1.82) is 0 Å². The zero-order valence-corrected chi connectivity index (χ0v) is 16.3. The molecule has 2 N–H and O–H groups in total. The van der Waals surface area contributed by atoms with Crippen LogP contribution in [0.4, 0.5) is 0 Å². The maximum absolute atomic E-state index is 12.9. The van der Waals surface area contributed by atoms with Crippen LogP contribution < -0.4 is 10.6 Å². The van der Waals surface area contributed by atoms with Gasteiger partial charge in [-0.05, 0) is 44.2 Å². The first-order chi connectivity index (χ1) is 11.4. The molecule has 1 aromatic heterocycles. The summed E-state index contributed by atoms with van der Waals surface area (Å²) in [6.07, 6.45) is 5.73. The molecule has 0 radical (unpaired) electrons. The van der Waals surface area contributed by atoms with Crippen LogP contribution in [0.3, 0.4) is 0 Å². The fourth-order valence-electron chi connectivity index (χ4n) is 3.81. The fraction of sp³-hybridized carbons (Fsp3) is 0.688. The van der Waals surface area contributed by atoms with Crippen LogP contribution in [0, 0.1) is 5.92 Å². The monoisotopic (exact) mass is 390 g/mol. The minimum Gasteiger partial charge on any atom is -0.354 e. The Morgan fingerprint density at radius 3 is 2.52 bits per heavy atom. The van der Waals surface area contributed by atoms with E-state index in [-0.39, 0.29) is 23.2 Å². The van der Waals surface area contributed by atoms with Gasteiger partial charge in [-0.3, -0.25) is 4.79 Å². The highest BCUT2D eigenvalue weighted by Gasteiger charge is 2.34. The standard InChI is InChI=1S/C16H26N4O3S.ClH/c1-17-16(21)15-10-13(11-19(15)2)24(22,23)20-8-5-12(6-9-20)14-4-3-7-18-14;/h10-12,14,18H,3-9H2,1-2H3,(H,17,21);1H. The Morgan fingerprint density at radius 2 is 1.96 bits per heavy atom. The lowest BCUT2D eigenvalue weighted by atomic mass is 9.89. The number of carbonyl (C=O) groups excluding carboxylic acids is 1. The first kappa shape index (κ1) is 20.2. The summed E-state index contributed by atoms with van der Waals surface area (Å²) in [6.45, 7) is 2.18. The molecule has 0 aromatic carbocycles. The minimum absolute atomic E-state index is 0. The molecule has 0 spiro atoms. The van der Waals surface area contributed by atoms with Gasteiger partial charge in [-0.2, -0.15) is 4.31 Å². The van der Waals surface area contributed by atoms with Gasteiger partial charge in [0.05, 0.1) is 0 Å². The second kappa shape index (κ2) is 8.07. The predicted molar refractivity (Wildman–Crippen MR) is 98.6 cm³/mol. The van der Waals surface area contributed by atoms with Crippen molar-refractivity contribution in [1.82, 2.24) is 19.5 Å². The van der Waals surface area contributed by atoms with E-state index in [0.717, 1.165) is 19.4 Å². The number of nitrogens with zero attached hydrogens (tertiary/aromatic N) is 2. The van der Waals surface area contributed by atoms with Gasteiger partial charge < -0.3 is 15.2 Å². The Morgan fingerprint density at radius 1 is 1.28 bits per heavy atom. The Hall–Kier alpha value is -1.09. The SMILES string of the molecule is CNC(=O)c1cc(S(=O)(=O)N2CCC(C3CCCN3)CC2)cn1C.Cl. The third-order valence-corrected chi connectivity index (χ3v) is 7.11. The summed E-state index contributed by atoms with van der Waals surface area (Å²) in [6, 6.07) is 2.00. The van der Waals surface area contributed by atoms with E-state index >= 15 is 0 Å². The molecule has 7 nitrogen and oxygen atoms in total. The molecular formula is C16H27ClN4O3S. The van der Waals surface area contributed by atoms with E-state index in [4.69, 9.17) is 0 Å². The van der Waals surface area contributed by atoms with Crippen molar-refractivity contribution in [3.05, 3.63) is 18.0 Å². The summed E-state index contributed by atoms with van der Waals surface area (Å²) in [5.41, 5.74) is 0.348. The van der Waals surface area contributed by atoms with E-state index in [9.17, 15) is 13.2 Å². The van der Waals surface area contributed by atoms with Crippen LogP contribution in [-0.2, 0) is 17.1 Å². The number of sulfonamides is 1. The third-order valence-electron chi connectivity index (χ3n) is 5.24. The number of halogens is 1. The highest BCUT2D eigenvalue weighted by atomic mass is 35.5. The summed E-state index contributed by atoms with van der Waals surface area (Å²) in [7, 11) is -0.325. The molecule has 1 aromatic rings. The van der Waals surface area contributed by atoms with Crippen LogP contribution in [-0.4, -0.2) is 55.9 Å². The zero-order chi connectivity index (χ0) is 17.3. The van der Waals surface area contributed by atoms with E-state index in [1.165, 1.54) is 32.2 Å². The van der Waals surface area contributed by atoms with Gasteiger partial charge in [0.15, 0.2) is 0 Å². The highest BCUT2D eigenvalue weighted by molar-refractivity contribution is 7.89. The van der Waals surface area contributed by atoms with Gasteiger partial charge in [0.1, 0.15) is 10.6 Å². The van der Waals surface area contributed by atoms with Crippen LogP contribution in [0.1, 0.15) is 36.2 Å². The van der Waals surface area contributed by atoms with Gasteiger partial charge in [-0.1, -0.05) is 0 Å². The highest BCUT2D eigenvalue weighted by Crippen LogP contribution is 2.29. The fourth-order valence-corrected chi connectivity index (χ4v) is 5.35. The van der Waals surface area contributed by atoms with E-state index in [1.807, 2.05) is 0 Å². The number of carbonyl (C=O) groups is 1. The van der Waals surface area contributed by atoms with Gasteiger partial charge in [0.2, 0.25) is 10.0 Å². The molecule has 0 aliphatic carbocycles. The molecule has 0 saturated carbocycles. The van der Waals surface area contributed by atoms with Crippen LogP contribution in [0.2, 0.25) is 0 Å². The first-order valence-electron chi connectivity index (χ1n) is 8.55. The molecule has 3 rings (SSSR count). The van der Waals surface area contributed by atoms with Crippen molar-refractivity contribution in [2.75, 3.05) is 26.7 Å². The number of piperidine rings is 1. The molecule has 0 bridgehead atoms. The van der Waals surface area contributed by atoms with Crippen LogP contribution in [0.15, 0.2) is 17.2 Å². The molecule has 2 aliphatic rings. The normalized spacial score (nSPS) is 22.6. The smallest absolute Gasteiger partial charge is 0.267 e. The van der Waals surface area contributed by atoms with Gasteiger partial charge >= 0.3 is 0 Å². The molecule has 142 valence electrons. The van der Waals surface area contributed by atoms with E-state index in [2.05, 4.69) is 10.6 Å². The zero-order valence-electron chi connectivity index (χ0n) is 14.7. The van der Waals surface area contributed by atoms with Crippen molar-refractivity contribution >= 4 is 28.3 Å². The summed E-state index contributed by atoms with van der Waals surface area (Å²) in [5, 5.41) is 6.05. The second-order valence-corrected chi connectivity index (χ2v) is 8.63. The molecule has 2 aliphatic heterocycles. The quantitative estimate of drug-likeness (QED) is 0.802. The summed E-state index contributed by atoms with van der Waals surface area (Å²) < 4.78 is 28.8. The summed E-state index contributed by atoms with van der Waals surface area (Å²) in [4.78, 5) is 12.0. The molecule has 1 amide bonds. The maximum atomic E-state index is 12.9. The van der Waals surface area contributed by atoms with Gasteiger partial charge in [0, 0.05) is 39.4 Å². The largest absolute Gasteiger partial charge is 0.354 e. The van der Waals surface area contributed by atoms with Crippen molar-refractivity contribution < 1.29 is 13.2 Å². The van der Waals surface area contributed by atoms with Crippen molar-refractivity contribution in [2.24, 2.45) is 13.0 Å². The van der Waals surface area contributed by atoms with E-state index in [1.54, 1.807) is 15.9 Å². The van der Waals surface area contributed by atoms with Crippen molar-refractivity contribution in [3.8, 4) is 0 Å². The molecule has 1 unspecified atom stereocenters. The lowest BCUT2D eigenvalue weighted by Crippen LogP contribution is -2.43. The molecular weight excluding hydrogens is 364 g/mol. The molecule has 25 heavy (non-hydrogen) atoms. The lowest BCUT2D eigenvalue weighted by Gasteiger charge is -2.34. The summed E-state index contributed by atoms with van der Waals surface area (Å²) >= 11 is 0. The Labute approximate surface area is 155 Å². The van der Waals surface area contributed by atoms with Crippen LogP contribution >= 0.6 is 12.4 Å². The molecule has 3 heterocycles. The van der Waals surface area contributed by atoms with Crippen LogP contribution in [0.25, 0.3) is 0 Å². The molecule has 2 fully saturated rings. The number of aryl methyl sites for hydroxylation is 1. The van der Waals surface area contributed by atoms with Crippen molar-refractivity contribution in [2.45, 2.75) is 36.6 Å². The number of aromatic nitrogens is 1. The topological polar surface area (TPSA) is 83.4 Å². The number of rotatable bonds is 4. The molecule has 2 saturated heterocycles. The van der Waals surface area contributed by atoms with Gasteiger partial charge in [0.25, 0.3) is 5.91 Å². The summed E-state index contributed by atoms with van der Waals surface area (Å²) in [5.74, 6) is 0.279. The Kier molecular flexibility index (Phi) is 6.53. The van der Waals surface area contributed by atoms with Crippen LogP contribution in [0.5, 0.6) is 0 Å². The average molecular weight is 391 g/mol. The third kappa shape index (κ3) is 4.02. The molecule has 9 heteroatoms. The molecule has 1 atom stereocenters. The Balaban J connectivity index is 0.00000225. The van der Waals surface area contributed by atoms with E-state index in [0.29, 0.717) is 30.7 Å². The van der Waals surface area contributed by atoms with Gasteiger partial charge in [-0.15, -0.1) is 12.4 Å². The predicted octanol–water partition coefficient (Wildman–Crippen LogP) is 0.959. The maximum Gasteiger partial charge on any atom is 0.267 e. The Bertz CT molecular complexity index is 705. The number of nitrogens with one attached hydrogen (secondary N) is 2. The second-order valence-electron chi connectivity index (χ2n) is 6.70. The number of hydrogen-bond donors (Lipinski definition) is 2. The van der Waals surface area contributed by atoms with Gasteiger partial charge in [-0.25, -0.2) is 8.42 Å². The van der Waals surface area contributed by atoms with E-state index < -0.39 is 10.0 Å². The number of amides is 1. The average Bonchev–Trinajstić information content (AvgIpc) is 3.24. The first-order valence-corrected chi connectivity index (χ1v) is 9.99. The lowest BCUT2D eigenvalue weighted by molar-refractivity contribution is 0.0955. The number of hydrogen-bond acceptors (Lipinski definition) is 4.